The highest BCUT2D eigenvalue weighted by Crippen LogP contribution is 2.44. The monoisotopic (exact) mass is 585 g/mol. The predicted octanol–water partition coefficient (Wildman–Crippen LogP) is 4.17. The number of pyridine rings is 1. The van der Waals surface area contributed by atoms with Crippen LogP contribution in [0.4, 0.5) is 14.5 Å². The fourth-order valence-electron chi connectivity index (χ4n) is 5.54. The molecule has 1 N–H and O–H groups in total. The molecule has 0 spiro atoms. The van der Waals surface area contributed by atoms with Crippen molar-refractivity contribution in [3.05, 3.63) is 83.9 Å². The summed E-state index contributed by atoms with van der Waals surface area (Å²) in [6.45, 7) is 2.26. The number of carbonyl (C=O) groups excluding carboxylic acids is 1. The van der Waals surface area contributed by atoms with E-state index in [1.807, 2.05) is 30.3 Å². The molecule has 13 heteroatoms. The Morgan fingerprint density at radius 1 is 1.02 bits per heavy atom. The molecule has 220 valence electrons. The standard InChI is InChI=1S/C30H29F2N9O2/c1-39-37-26(36-38-39)25(19-5-3-2-4-6-19)40-13-15-41(16-14-40)28(42)23-17-20(9-12-33-23)27-34-22-18-21(7-8-24(22)43-27)35-30(10-11-30)29(31)32/h2-9,12,17-18,25,29,35H,10-11,13-16H2,1H3. The number of anilines is 1. The number of rotatable bonds is 8. The minimum atomic E-state index is -2.44. The van der Waals surface area contributed by atoms with E-state index >= 15 is 0 Å². The number of aryl methyl sites for hydroxylation is 1. The van der Waals surface area contributed by atoms with Crippen molar-refractivity contribution in [3.63, 3.8) is 0 Å². The Hall–Kier alpha value is -4.78. The van der Waals surface area contributed by atoms with E-state index in [2.05, 4.69) is 35.6 Å². The second kappa shape index (κ2) is 10.8. The second-order valence-electron chi connectivity index (χ2n) is 11.0. The Kier molecular flexibility index (Phi) is 6.80. The number of nitrogens with one attached hydrogen (secondary N) is 1. The number of halogens is 2. The summed E-state index contributed by atoms with van der Waals surface area (Å²) in [4.78, 5) is 27.9. The van der Waals surface area contributed by atoms with Crippen LogP contribution in [-0.2, 0) is 7.05 Å². The molecule has 5 aromatic rings. The summed E-state index contributed by atoms with van der Waals surface area (Å²) >= 11 is 0. The van der Waals surface area contributed by atoms with E-state index in [9.17, 15) is 13.6 Å². The third kappa shape index (κ3) is 5.31. The lowest BCUT2D eigenvalue weighted by Gasteiger charge is -2.38. The van der Waals surface area contributed by atoms with E-state index in [-0.39, 0.29) is 11.9 Å². The molecule has 11 nitrogen and oxygen atoms in total. The Labute approximate surface area is 245 Å². The normalized spacial score (nSPS) is 17.3. The van der Waals surface area contributed by atoms with Gasteiger partial charge in [0.2, 0.25) is 5.89 Å². The number of aromatic nitrogens is 6. The van der Waals surface area contributed by atoms with E-state index in [4.69, 9.17) is 4.42 Å². The lowest BCUT2D eigenvalue weighted by molar-refractivity contribution is 0.0586. The van der Waals surface area contributed by atoms with Gasteiger partial charge in [-0.15, -0.1) is 10.2 Å². The van der Waals surface area contributed by atoms with E-state index in [1.165, 1.54) is 4.80 Å². The number of hydrogen-bond acceptors (Lipinski definition) is 9. The van der Waals surface area contributed by atoms with Crippen LogP contribution in [0, 0.1) is 0 Å². The second-order valence-corrected chi connectivity index (χ2v) is 11.0. The van der Waals surface area contributed by atoms with Crippen molar-refractivity contribution < 1.29 is 18.0 Å². The molecule has 1 unspecified atom stereocenters. The number of piperazine rings is 1. The lowest BCUT2D eigenvalue weighted by atomic mass is 10.0. The first-order valence-corrected chi connectivity index (χ1v) is 14.1. The van der Waals surface area contributed by atoms with Crippen LogP contribution in [0.1, 0.15) is 40.8 Å². The Morgan fingerprint density at radius 3 is 2.51 bits per heavy atom. The molecule has 1 aliphatic heterocycles. The number of tetrazole rings is 1. The molecule has 7 rings (SSSR count). The largest absolute Gasteiger partial charge is 0.436 e. The molecular weight excluding hydrogens is 556 g/mol. The van der Waals surface area contributed by atoms with Gasteiger partial charge in [0.05, 0.1) is 18.6 Å². The molecule has 2 fully saturated rings. The number of amides is 1. The highest BCUT2D eigenvalue weighted by Gasteiger charge is 2.51. The molecule has 2 aliphatic rings. The van der Waals surface area contributed by atoms with Crippen LogP contribution in [-0.4, -0.2) is 84.0 Å². The van der Waals surface area contributed by atoms with E-state index < -0.39 is 12.0 Å². The Bertz CT molecular complexity index is 1760. The SMILES string of the molecule is Cn1nnc(C(c2ccccc2)N2CCN(C(=O)c3cc(-c4nc5cc(NC6(C(F)F)CC6)ccc5o4)ccn3)CC2)n1. The number of carbonyl (C=O) groups is 1. The maximum Gasteiger partial charge on any atom is 0.272 e. The number of benzene rings is 2. The highest BCUT2D eigenvalue weighted by molar-refractivity contribution is 5.93. The zero-order valence-electron chi connectivity index (χ0n) is 23.4. The summed E-state index contributed by atoms with van der Waals surface area (Å²) in [6.07, 6.45) is -0.0114. The van der Waals surface area contributed by atoms with Crippen LogP contribution >= 0.6 is 0 Å². The number of hydrogen-bond donors (Lipinski definition) is 1. The molecule has 3 aromatic heterocycles. The number of nitrogens with zero attached hydrogens (tertiary/aromatic N) is 8. The summed E-state index contributed by atoms with van der Waals surface area (Å²) in [5.74, 6) is 0.760. The third-order valence-electron chi connectivity index (χ3n) is 8.06. The topological polar surface area (TPSA) is 118 Å². The zero-order valence-corrected chi connectivity index (χ0v) is 23.4. The van der Waals surface area contributed by atoms with Gasteiger partial charge in [-0.2, -0.15) is 4.80 Å². The van der Waals surface area contributed by atoms with Crippen LogP contribution in [0.5, 0.6) is 0 Å². The molecule has 2 aromatic carbocycles. The summed E-state index contributed by atoms with van der Waals surface area (Å²) < 4.78 is 32.7. The predicted molar refractivity (Wildman–Crippen MR) is 153 cm³/mol. The van der Waals surface area contributed by atoms with Gasteiger partial charge in [0.25, 0.3) is 12.3 Å². The van der Waals surface area contributed by atoms with Crippen molar-refractivity contribution in [2.45, 2.75) is 30.8 Å². The summed E-state index contributed by atoms with van der Waals surface area (Å²) in [6, 6.07) is 18.4. The van der Waals surface area contributed by atoms with Crippen molar-refractivity contribution >= 4 is 22.7 Å². The average molecular weight is 586 g/mol. The zero-order chi connectivity index (χ0) is 29.6. The maximum atomic E-state index is 13.5. The Balaban J connectivity index is 1.06. The van der Waals surface area contributed by atoms with Crippen molar-refractivity contribution in [1.82, 2.24) is 40.0 Å². The molecule has 1 saturated heterocycles. The summed E-state index contributed by atoms with van der Waals surface area (Å²) in [5, 5.41) is 15.7. The van der Waals surface area contributed by atoms with E-state index in [0.717, 1.165) is 5.56 Å². The van der Waals surface area contributed by atoms with Gasteiger partial charge < -0.3 is 14.6 Å². The van der Waals surface area contributed by atoms with Gasteiger partial charge in [-0.05, 0) is 54.0 Å². The van der Waals surface area contributed by atoms with Crippen molar-refractivity contribution in [2.75, 3.05) is 31.5 Å². The molecule has 1 atom stereocenters. The molecule has 43 heavy (non-hydrogen) atoms. The van der Waals surface area contributed by atoms with Gasteiger partial charge in [0.15, 0.2) is 11.4 Å². The quantitative estimate of drug-likeness (QED) is 0.286. The first-order valence-electron chi connectivity index (χ1n) is 14.1. The van der Waals surface area contributed by atoms with Crippen LogP contribution in [0.2, 0.25) is 0 Å². The van der Waals surface area contributed by atoms with E-state index in [0.29, 0.717) is 78.8 Å². The Morgan fingerprint density at radius 2 is 1.81 bits per heavy atom. The summed E-state index contributed by atoms with van der Waals surface area (Å²) in [5.41, 5.74) is 2.43. The highest BCUT2D eigenvalue weighted by atomic mass is 19.3. The van der Waals surface area contributed by atoms with Crippen LogP contribution in [0.25, 0.3) is 22.6 Å². The molecule has 0 bridgehead atoms. The summed E-state index contributed by atoms with van der Waals surface area (Å²) in [7, 11) is 1.74. The van der Waals surface area contributed by atoms with Crippen molar-refractivity contribution in [3.8, 4) is 11.5 Å². The van der Waals surface area contributed by atoms with Crippen LogP contribution in [0.15, 0.2) is 71.3 Å². The fourth-order valence-corrected chi connectivity index (χ4v) is 5.54. The van der Waals surface area contributed by atoms with Gasteiger partial charge in [-0.3, -0.25) is 14.7 Å². The molecular formula is C30H29F2N9O2. The first-order chi connectivity index (χ1) is 20.9. The molecule has 1 aliphatic carbocycles. The maximum absolute atomic E-state index is 13.5. The molecule has 4 heterocycles. The lowest BCUT2D eigenvalue weighted by Crippen LogP contribution is -2.50. The number of oxazole rings is 1. The van der Waals surface area contributed by atoms with Crippen LogP contribution in [0.3, 0.4) is 0 Å². The van der Waals surface area contributed by atoms with Crippen molar-refractivity contribution in [2.24, 2.45) is 7.05 Å². The third-order valence-corrected chi connectivity index (χ3v) is 8.06. The van der Waals surface area contributed by atoms with Gasteiger partial charge >= 0.3 is 0 Å². The molecule has 1 amide bonds. The molecule has 1 saturated carbocycles. The van der Waals surface area contributed by atoms with Gasteiger partial charge in [0, 0.05) is 43.6 Å². The first kappa shape index (κ1) is 27.1. The molecule has 0 radical (unpaired) electrons. The average Bonchev–Trinajstić information content (AvgIpc) is 3.50. The van der Waals surface area contributed by atoms with Gasteiger partial charge in [-0.1, -0.05) is 30.3 Å². The van der Waals surface area contributed by atoms with Gasteiger partial charge in [-0.25, -0.2) is 13.8 Å². The number of fused-ring (bicyclic) bond motifs is 1. The minimum absolute atomic E-state index is 0.173. The smallest absolute Gasteiger partial charge is 0.272 e. The van der Waals surface area contributed by atoms with Crippen molar-refractivity contribution in [1.29, 1.82) is 0 Å². The van der Waals surface area contributed by atoms with Gasteiger partial charge in [0.1, 0.15) is 11.2 Å². The number of alkyl halides is 2. The van der Waals surface area contributed by atoms with E-state index in [1.54, 1.807) is 48.5 Å². The van der Waals surface area contributed by atoms with Crippen LogP contribution < -0.4 is 5.32 Å². The minimum Gasteiger partial charge on any atom is -0.436 e. The fraction of sp³-hybridized carbons (Fsp3) is 0.333.